The number of hydrogen-bond donors (Lipinski definition) is 4. The number of rotatable bonds is 16. The lowest BCUT2D eigenvalue weighted by molar-refractivity contribution is -0.151. The summed E-state index contributed by atoms with van der Waals surface area (Å²) in [4.78, 5) is 188. The zero-order valence-corrected chi connectivity index (χ0v) is 64.3. The second-order valence-corrected chi connectivity index (χ2v) is 29.8. The molecule has 27 heteroatoms. The minimum Gasteiger partial charge on any atom is -0.343 e. The van der Waals surface area contributed by atoms with Crippen molar-refractivity contribution in [1.29, 1.82) is 0 Å². The predicted octanol–water partition coefficient (Wildman–Crippen LogP) is 5.99. The van der Waals surface area contributed by atoms with Crippen molar-refractivity contribution in [2.75, 3.05) is 82.1 Å². The van der Waals surface area contributed by atoms with Crippen LogP contribution in [-0.2, 0) is 76.8 Å². The molecule has 0 saturated carbocycles. The second kappa shape index (κ2) is 39.7. The van der Waals surface area contributed by atoms with Crippen molar-refractivity contribution < 1.29 is 57.5 Å². The quantitative estimate of drug-likeness (QED) is 0.120. The first-order chi connectivity index (χ1) is 47.1. The number of amides is 12. The summed E-state index contributed by atoms with van der Waals surface area (Å²) < 4.78 is 0.834. The summed E-state index contributed by atoms with van der Waals surface area (Å²) in [5.41, 5.74) is 1.81. The minimum absolute atomic E-state index is 0.0507. The monoisotopic (exact) mass is 1540 g/mol. The number of likely N-dealkylation sites (N-methyl/N-ethyl adjacent to an activating group) is 7. The molecule has 24 nitrogen and oxygen atoms in total. The minimum atomic E-state index is -1.43. The van der Waals surface area contributed by atoms with Crippen LogP contribution in [0.25, 0.3) is 0 Å². The molecule has 550 valence electrons. The maximum Gasteiger partial charge on any atom is 0.245 e. The number of nitrogens with zero attached hydrogens (tertiary/aromatic N) is 8. The zero-order chi connectivity index (χ0) is 74.4. The van der Waals surface area contributed by atoms with E-state index in [2.05, 4.69) is 43.9 Å². The normalized spacial score (nSPS) is 23.4. The Hall–Kier alpha value is -7.39. The molecule has 9 atom stereocenters. The van der Waals surface area contributed by atoms with Crippen molar-refractivity contribution in [3.8, 4) is 0 Å². The molecular weight excluding hydrogens is 1430 g/mol. The fourth-order valence-corrected chi connectivity index (χ4v) is 13.3. The lowest BCUT2D eigenvalue weighted by atomic mass is 9.95. The summed E-state index contributed by atoms with van der Waals surface area (Å²) >= 11 is 14.9. The highest BCUT2D eigenvalue weighted by Crippen LogP contribution is 2.24. The van der Waals surface area contributed by atoms with E-state index in [0.717, 1.165) is 24.7 Å². The Morgan fingerprint density at radius 2 is 1.07 bits per heavy atom. The second-order valence-electron chi connectivity index (χ2n) is 27.7. The van der Waals surface area contributed by atoms with Gasteiger partial charge in [-0.3, -0.25) is 57.5 Å². The van der Waals surface area contributed by atoms with Gasteiger partial charge in [0.1, 0.15) is 48.3 Å². The van der Waals surface area contributed by atoms with Gasteiger partial charge >= 0.3 is 0 Å². The Balaban J connectivity index is 1.67. The summed E-state index contributed by atoms with van der Waals surface area (Å²) in [6.07, 6.45) is 3.11. The number of benzene rings is 3. The summed E-state index contributed by atoms with van der Waals surface area (Å²) in [5, 5.41) is 12.3. The van der Waals surface area contributed by atoms with Crippen LogP contribution in [-0.4, -0.2) is 240 Å². The maximum atomic E-state index is 15.4. The van der Waals surface area contributed by atoms with Gasteiger partial charge in [-0.05, 0) is 132 Å². The Kier molecular flexibility index (Phi) is 33.1. The van der Waals surface area contributed by atoms with Crippen molar-refractivity contribution in [3.63, 3.8) is 0 Å². The highest BCUT2D eigenvalue weighted by atomic mass is 127. The molecule has 2 saturated heterocycles. The highest BCUT2D eigenvalue weighted by Gasteiger charge is 2.42. The molecule has 3 aromatic rings. The van der Waals surface area contributed by atoms with Crippen molar-refractivity contribution in [2.45, 2.75) is 180 Å². The topological polar surface area (TPSA) is 279 Å². The Morgan fingerprint density at radius 3 is 1.67 bits per heavy atom. The Bertz CT molecular complexity index is 3360. The van der Waals surface area contributed by atoms with E-state index in [4.69, 9.17) is 23.2 Å². The number of unbranched alkanes of at least 4 members (excludes halogenated alkanes) is 1. The number of halogens is 3. The predicted molar refractivity (Wildman–Crippen MR) is 393 cm³/mol. The first-order valence-corrected chi connectivity index (χ1v) is 36.5. The fraction of sp³-hybridized carbons (Fsp3) is 0.589. The van der Waals surface area contributed by atoms with E-state index < -0.39 is 151 Å². The van der Waals surface area contributed by atoms with Crippen LogP contribution >= 0.6 is 45.8 Å². The Morgan fingerprint density at radius 1 is 0.510 bits per heavy atom. The van der Waals surface area contributed by atoms with Crippen LogP contribution in [0.2, 0.25) is 10.0 Å². The van der Waals surface area contributed by atoms with Gasteiger partial charge in [0.2, 0.25) is 70.9 Å². The molecule has 2 fully saturated rings. The molecule has 3 aromatic carbocycles. The number of carbonyl (C=O) groups excluding carboxylic acids is 12. The molecule has 2 aliphatic heterocycles. The van der Waals surface area contributed by atoms with Crippen molar-refractivity contribution in [3.05, 3.63) is 103 Å². The van der Waals surface area contributed by atoms with Gasteiger partial charge in [-0.15, -0.1) is 0 Å². The third kappa shape index (κ3) is 24.4. The number of hydrogen-bond acceptors (Lipinski definition) is 12. The molecule has 0 spiro atoms. The highest BCUT2D eigenvalue weighted by molar-refractivity contribution is 14.1. The van der Waals surface area contributed by atoms with Crippen LogP contribution in [0.1, 0.15) is 129 Å². The molecule has 12 amide bonds. The molecular formula is C73H105Cl2IN12O12. The van der Waals surface area contributed by atoms with Gasteiger partial charge in [0.25, 0.3) is 0 Å². The van der Waals surface area contributed by atoms with Gasteiger partial charge in [-0.25, -0.2) is 0 Å². The van der Waals surface area contributed by atoms with Gasteiger partial charge in [0.05, 0.1) is 26.1 Å². The summed E-state index contributed by atoms with van der Waals surface area (Å²) in [6, 6.07) is 10.2. The molecule has 2 aliphatic rings. The standard InChI is InChI=1S/C73H105Cl2IN12O12/c1-15-17-27-54-69(96)86(13)58(40-49-23-21-25-52(75)36-49)67(94)79-56(34-45(3)4)70(97)87(14)60(72(99)88-32-19-18-20-33-88)41-62(90)84(11)57(35-46(5)6)68(95)80-65(47(7)16-2)73(100)83(10)43-63(91)81(8)44-64(92)85(12)59(39-48-28-30-51(74)31-29-48)71(98)82(9)42-61(89)77-55(66(93)78-54)38-50-24-22-26-53(76)37-50/h21-26,28-31,36-37,45-47,54-60,65H,15-20,27,32-35,38-44H2,1-14H3,(H,77,89)(H,78,93)(H,79,94)(H,80,95)/t47-,54-,55-,56-,57-,58-,59-,60?,65-/m0/s1. The summed E-state index contributed by atoms with van der Waals surface area (Å²) in [6.45, 7) is 12.0. The van der Waals surface area contributed by atoms with Gasteiger partial charge in [-0.1, -0.05) is 127 Å². The summed E-state index contributed by atoms with van der Waals surface area (Å²) in [5.74, 6) is -9.09. The molecule has 0 aromatic heterocycles. The molecule has 1 unspecified atom stereocenters. The molecule has 5 rings (SSSR count). The molecule has 0 bridgehead atoms. The maximum absolute atomic E-state index is 15.4. The molecule has 4 N–H and O–H groups in total. The number of likely N-dealkylation sites (tertiary alicyclic amines) is 1. The first kappa shape index (κ1) is 83.3. The smallest absolute Gasteiger partial charge is 0.245 e. The van der Waals surface area contributed by atoms with E-state index in [1.165, 1.54) is 68.9 Å². The van der Waals surface area contributed by atoms with Gasteiger partial charge < -0.3 is 60.5 Å². The van der Waals surface area contributed by atoms with Crippen LogP contribution < -0.4 is 21.3 Å². The number of piperidine rings is 1. The van der Waals surface area contributed by atoms with E-state index in [9.17, 15) is 33.6 Å². The molecule has 0 radical (unpaired) electrons. The molecule has 2 heterocycles. The van der Waals surface area contributed by atoms with Gasteiger partial charge in [0, 0.05) is 95.3 Å². The third-order valence-corrected chi connectivity index (χ3v) is 19.9. The van der Waals surface area contributed by atoms with Crippen molar-refractivity contribution >= 4 is 117 Å². The van der Waals surface area contributed by atoms with Crippen molar-refractivity contribution in [2.24, 2.45) is 17.8 Å². The van der Waals surface area contributed by atoms with Gasteiger partial charge in [0.15, 0.2) is 0 Å². The third-order valence-electron chi connectivity index (χ3n) is 18.8. The average Bonchev–Trinajstić information content (AvgIpc) is 0.793. The number of carbonyl (C=O) groups is 12. The van der Waals surface area contributed by atoms with Crippen molar-refractivity contribution in [1.82, 2.24) is 60.5 Å². The van der Waals surface area contributed by atoms with E-state index in [-0.39, 0.29) is 50.4 Å². The van der Waals surface area contributed by atoms with Crippen LogP contribution in [0.4, 0.5) is 0 Å². The van der Waals surface area contributed by atoms with E-state index >= 15 is 24.0 Å². The Labute approximate surface area is 614 Å². The SMILES string of the molecule is CCCC[C@@H]1NC(=O)[C@H](Cc2cccc(I)c2)NC(=O)CN(C)C(=O)[C@H](Cc2ccc(Cl)cc2)N(C)C(=O)CN(C)C(=O)CN(C)C(=O)[C@H]([C@@H](C)CC)NC(=O)[C@H](CC(C)C)N(C)C(=O)CC(C(=O)N2CCCCC2)N(C)C(=O)[C@H](CC(C)C)NC(=O)[C@H](Cc2cccc(Cl)c2)N(C)C1=O. The molecule has 0 aliphatic carbocycles. The van der Waals surface area contributed by atoms with E-state index in [0.29, 0.717) is 71.9 Å². The first-order valence-electron chi connectivity index (χ1n) is 34.7. The lowest BCUT2D eigenvalue weighted by Crippen LogP contribution is -2.61. The average molecular weight is 1540 g/mol. The van der Waals surface area contributed by atoms with E-state index in [1.807, 2.05) is 53.7 Å². The lowest BCUT2D eigenvalue weighted by Gasteiger charge is -2.38. The fourth-order valence-electron chi connectivity index (χ4n) is 12.4. The van der Waals surface area contributed by atoms with Crippen LogP contribution in [0.3, 0.4) is 0 Å². The largest absolute Gasteiger partial charge is 0.343 e. The zero-order valence-electron chi connectivity index (χ0n) is 60.6. The van der Waals surface area contributed by atoms with Crippen LogP contribution in [0.15, 0.2) is 72.8 Å². The van der Waals surface area contributed by atoms with E-state index in [1.54, 1.807) is 72.5 Å². The number of nitrogens with one attached hydrogen (secondary N) is 4. The molecule has 100 heavy (non-hydrogen) atoms. The van der Waals surface area contributed by atoms with Crippen LogP contribution in [0, 0.1) is 21.3 Å². The van der Waals surface area contributed by atoms with Gasteiger partial charge in [-0.2, -0.15) is 0 Å². The summed E-state index contributed by atoms with van der Waals surface area (Å²) in [7, 11) is 9.78. The van der Waals surface area contributed by atoms with Crippen LogP contribution in [0.5, 0.6) is 0 Å².